The SMILES string of the molecule is CC(C)(C)Cn1c(O)c(C(=O)NC2CC2)c(=O)n2ncc(C3=CCN(C(=O)OC(C)(C)C)CC3)c12. The van der Waals surface area contributed by atoms with E-state index in [4.69, 9.17) is 4.74 Å². The van der Waals surface area contributed by atoms with Crippen LogP contribution in [0.25, 0.3) is 11.2 Å². The largest absolute Gasteiger partial charge is 0.494 e. The molecule has 35 heavy (non-hydrogen) atoms. The van der Waals surface area contributed by atoms with Crippen LogP contribution in [0.2, 0.25) is 0 Å². The minimum atomic E-state index is -0.654. The second kappa shape index (κ2) is 8.73. The summed E-state index contributed by atoms with van der Waals surface area (Å²) in [6, 6.07) is 0.0431. The van der Waals surface area contributed by atoms with Crippen LogP contribution in [-0.4, -0.2) is 60.9 Å². The molecule has 0 atom stereocenters. The summed E-state index contributed by atoms with van der Waals surface area (Å²) < 4.78 is 8.27. The lowest BCUT2D eigenvalue weighted by atomic mass is 9.96. The van der Waals surface area contributed by atoms with Crippen molar-refractivity contribution in [3.63, 3.8) is 0 Å². The second-order valence-corrected chi connectivity index (χ2v) is 11.6. The van der Waals surface area contributed by atoms with Crippen molar-refractivity contribution < 1.29 is 19.4 Å². The standard InChI is InChI=1S/C25H35N5O5/c1-24(2,3)14-29-20-17(15-9-11-28(12-10-15)23(34)35-25(4,5)6)13-26-30(20)22(33)18(21(29)32)19(31)27-16-7-8-16/h9,13,16,32H,7-8,10-12,14H2,1-6H3,(H,27,31). The maximum atomic E-state index is 13.3. The van der Waals surface area contributed by atoms with Gasteiger partial charge in [0.05, 0.1) is 6.20 Å². The number of ether oxygens (including phenoxy) is 1. The highest BCUT2D eigenvalue weighted by Crippen LogP contribution is 2.31. The fourth-order valence-electron chi connectivity index (χ4n) is 4.13. The van der Waals surface area contributed by atoms with Gasteiger partial charge in [0, 0.05) is 31.2 Å². The maximum absolute atomic E-state index is 13.3. The molecule has 190 valence electrons. The number of aromatic hydroxyl groups is 1. The number of carbonyl (C=O) groups is 2. The third-order valence-electron chi connectivity index (χ3n) is 5.86. The van der Waals surface area contributed by atoms with E-state index in [0.717, 1.165) is 18.4 Å². The maximum Gasteiger partial charge on any atom is 0.410 e. The van der Waals surface area contributed by atoms with Crippen LogP contribution < -0.4 is 10.9 Å². The van der Waals surface area contributed by atoms with Crippen LogP contribution in [0.4, 0.5) is 4.79 Å². The third-order valence-corrected chi connectivity index (χ3v) is 5.86. The Hall–Kier alpha value is -3.30. The summed E-state index contributed by atoms with van der Waals surface area (Å²) >= 11 is 0. The Balaban J connectivity index is 1.75. The first kappa shape index (κ1) is 24.8. The van der Waals surface area contributed by atoms with Crippen LogP contribution in [0.5, 0.6) is 5.88 Å². The van der Waals surface area contributed by atoms with E-state index in [0.29, 0.717) is 37.3 Å². The van der Waals surface area contributed by atoms with Gasteiger partial charge in [-0.15, -0.1) is 0 Å². The molecule has 0 saturated heterocycles. The summed E-state index contributed by atoms with van der Waals surface area (Å²) in [7, 11) is 0. The van der Waals surface area contributed by atoms with Crippen LogP contribution in [0, 0.1) is 5.41 Å². The molecule has 0 aromatic carbocycles. The van der Waals surface area contributed by atoms with E-state index in [2.05, 4.69) is 10.4 Å². The van der Waals surface area contributed by atoms with Crippen molar-refractivity contribution in [2.75, 3.05) is 13.1 Å². The van der Waals surface area contributed by atoms with Gasteiger partial charge in [0.1, 0.15) is 11.2 Å². The van der Waals surface area contributed by atoms with E-state index in [9.17, 15) is 19.5 Å². The van der Waals surface area contributed by atoms with Gasteiger partial charge >= 0.3 is 6.09 Å². The zero-order valence-electron chi connectivity index (χ0n) is 21.3. The van der Waals surface area contributed by atoms with E-state index in [-0.39, 0.29) is 29.0 Å². The Morgan fingerprint density at radius 1 is 1.20 bits per heavy atom. The molecule has 0 unspecified atom stereocenters. The van der Waals surface area contributed by atoms with Crippen molar-refractivity contribution >= 4 is 23.2 Å². The van der Waals surface area contributed by atoms with Crippen LogP contribution in [0.3, 0.4) is 0 Å². The summed E-state index contributed by atoms with van der Waals surface area (Å²) in [6.45, 7) is 12.7. The van der Waals surface area contributed by atoms with Crippen molar-refractivity contribution in [3.8, 4) is 5.88 Å². The van der Waals surface area contributed by atoms with Gasteiger partial charge in [-0.1, -0.05) is 26.8 Å². The zero-order chi connectivity index (χ0) is 25.7. The molecule has 2 aromatic rings. The predicted molar refractivity (Wildman–Crippen MR) is 131 cm³/mol. The molecule has 1 saturated carbocycles. The number of carbonyl (C=O) groups excluding carboxylic acids is 2. The number of nitrogens with one attached hydrogen (secondary N) is 1. The Kier molecular flexibility index (Phi) is 6.19. The van der Waals surface area contributed by atoms with Crippen LogP contribution in [0.15, 0.2) is 17.1 Å². The topological polar surface area (TPSA) is 118 Å². The Morgan fingerprint density at radius 3 is 2.43 bits per heavy atom. The molecule has 0 spiro atoms. The zero-order valence-corrected chi connectivity index (χ0v) is 21.3. The van der Waals surface area contributed by atoms with Crippen LogP contribution in [0.1, 0.15) is 76.7 Å². The molecule has 2 amide bonds. The number of rotatable bonds is 4. The lowest BCUT2D eigenvalue weighted by molar-refractivity contribution is 0.0270. The van der Waals surface area contributed by atoms with Crippen molar-refractivity contribution in [2.45, 2.75) is 79.0 Å². The number of nitrogens with zero attached hydrogens (tertiary/aromatic N) is 4. The molecule has 0 radical (unpaired) electrons. The number of aromatic nitrogens is 3. The van der Waals surface area contributed by atoms with E-state index < -0.39 is 17.1 Å². The fraction of sp³-hybridized carbons (Fsp3) is 0.600. The lowest BCUT2D eigenvalue weighted by Crippen LogP contribution is -2.39. The van der Waals surface area contributed by atoms with E-state index >= 15 is 0 Å². The summed E-state index contributed by atoms with van der Waals surface area (Å²) in [5.41, 5.74) is 0.259. The summed E-state index contributed by atoms with van der Waals surface area (Å²) in [6.07, 6.45) is 5.40. The van der Waals surface area contributed by atoms with Gasteiger partial charge in [-0.2, -0.15) is 9.61 Å². The van der Waals surface area contributed by atoms with Crippen molar-refractivity contribution in [1.82, 2.24) is 24.4 Å². The molecule has 2 N–H and O–H groups in total. The molecule has 10 heteroatoms. The summed E-state index contributed by atoms with van der Waals surface area (Å²) in [5.74, 6) is -0.939. The molecule has 2 aliphatic rings. The van der Waals surface area contributed by atoms with E-state index in [1.165, 1.54) is 4.52 Å². The highest BCUT2D eigenvalue weighted by atomic mass is 16.6. The number of fused-ring (bicyclic) bond motifs is 1. The lowest BCUT2D eigenvalue weighted by Gasteiger charge is -2.29. The fourth-order valence-corrected chi connectivity index (χ4v) is 4.13. The van der Waals surface area contributed by atoms with Crippen molar-refractivity contribution in [1.29, 1.82) is 0 Å². The van der Waals surface area contributed by atoms with E-state index in [1.54, 1.807) is 15.7 Å². The van der Waals surface area contributed by atoms with Gasteiger partial charge < -0.3 is 20.1 Å². The Labute approximate surface area is 204 Å². The molecule has 10 nitrogen and oxygen atoms in total. The summed E-state index contributed by atoms with van der Waals surface area (Å²) in [5, 5.41) is 18.3. The van der Waals surface area contributed by atoms with Crippen LogP contribution in [-0.2, 0) is 11.3 Å². The van der Waals surface area contributed by atoms with Gasteiger partial charge in [-0.25, -0.2) is 4.79 Å². The van der Waals surface area contributed by atoms with Gasteiger partial charge in [0.2, 0.25) is 5.88 Å². The molecular formula is C25H35N5O5. The molecule has 1 aliphatic heterocycles. The molecule has 2 aromatic heterocycles. The molecule has 1 aliphatic carbocycles. The first-order chi connectivity index (χ1) is 16.2. The van der Waals surface area contributed by atoms with Gasteiger partial charge in [-0.3, -0.25) is 14.2 Å². The minimum Gasteiger partial charge on any atom is -0.494 e. The predicted octanol–water partition coefficient (Wildman–Crippen LogP) is 3.16. The molecule has 4 rings (SSSR count). The highest BCUT2D eigenvalue weighted by molar-refractivity contribution is 5.97. The number of hydrogen-bond donors (Lipinski definition) is 2. The Morgan fingerprint density at radius 2 is 1.89 bits per heavy atom. The first-order valence-corrected chi connectivity index (χ1v) is 12.1. The normalized spacial score (nSPS) is 16.9. The van der Waals surface area contributed by atoms with Gasteiger partial charge in [-0.05, 0) is 51.0 Å². The van der Waals surface area contributed by atoms with Gasteiger partial charge in [0.15, 0.2) is 5.56 Å². The first-order valence-electron chi connectivity index (χ1n) is 12.1. The third kappa shape index (κ3) is 5.36. The molecule has 3 heterocycles. The van der Waals surface area contributed by atoms with Crippen molar-refractivity contribution in [3.05, 3.63) is 33.8 Å². The smallest absolute Gasteiger partial charge is 0.410 e. The van der Waals surface area contributed by atoms with Crippen molar-refractivity contribution in [2.24, 2.45) is 5.41 Å². The second-order valence-electron chi connectivity index (χ2n) is 11.6. The van der Waals surface area contributed by atoms with E-state index in [1.807, 2.05) is 47.6 Å². The molecule has 0 bridgehead atoms. The van der Waals surface area contributed by atoms with Crippen LogP contribution >= 0.6 is 0 Å². The number of hydrogen-bond acceptors (Lipinski definition) is 6. The summed E-state index contributed by atoms with van der Waals surface area (Å²) in [4.78, 5) is 40.1. The highest BCUT2D eigenvalue weighted by Gasteiger charge is 2.32. The quantitative estimate of drug-likeness (QED) is 0.687. The Bertz CT molecular complexity index is 1250. The average Bonchev–Trinajstić information content (AvgIpc) is 3.43. The average molecular weight is 486 g/mol. The molecular weight excluding hydrogens is 450 g/mol. The molecule has 1 fully saturated rings. The monoisotopic (exact) mass is 485 g/mol. The van der Waals surface area contributed by atoms with Gasteiger partial charge in [0.25, 0.3) is 11.5 Å². The minimum absolute atomic E-state index is 0.0431. The number of amides is 2.